The Kier molecular flexibility index (Phi) is 3.21. The molecule has 0 heterocycles. The maximum absolute atomic E-state index is 14.1. The van der Waals surface area contributed by atoms with E-state index in [0.29, 0.717) is 11.8 Å². The first-order valence-corrected chi connectivity index (χ1v) is 8.51. The lowest BCUT2D eigenvalue weighted by molar-refractivity contribution is -0.0252. The number of hydrogen-bond acceptors (Lipinski definition) is 1. The fourth-order valence-corrected chi connectivity index (χ4v) is 5.56. The average molecular weight is 355 g/mol. The smallest absolute Gasteiger partial charge is 0.169 e. The van der Waals surface area contributed by atoms with Crippen LogP contribution in [-0.2, 0) is 0 Å². The van der Waals surface area contributed by atoms with E-state index in [4.69, 9.17) is 0 Å². The summed E-state index contributed by atoms with van der Waals surface area (Å²) in [4.78, 5) is 12.8. The summed E-state index contributed by atoms with van der Waals surface area (Å²) in [6, 6.07) is 2.13. The molecular formula is C17H17BrF2O. The summed E-state index contributed by atoms with van der Waals surface area (Å²) in [5.41, 5.74) is -0.0619. The summed E-state index contributed by atoms with van der Waals surface area (Å²) in [6.07, 6.45) is 5.72. The quantitative estimate of drug-likeness (QED) is 0.540. The normalized spacial score (nSPS) is 37.0. The van der Waals surface area contributed by atoms with Gasteiger partial charge < -0.3 is 0 Å². The van der Waals surface area contributed by atoms with Gasteiger partial charge in [0.2, 0.25) is 0 Å². The number of carbonyl (C=O) groups is 1. The maximum atomic E-state index is 14.1. The van der Waals surface area contributed by atoms with Gasteiger partial charge in [0.05, 0.1) is 10.0 Å². The molecule has 5 rings (SSSR count). The van der Waals surface area contributed by atoms with Crippen molar-refractivity contribution >= 4 is 21.7 Å². The van der Waals surface area contributed by atoms with Crippen LogP contribution in [0.15, 0.2) is 16.6 Å². The first-order chi connectivity index (χ1) is 10.0. The second-order valence-electron chi connectivity index (χ2n) is 7.07. The van der Waals surface area contributed by atoms with E-state index in [0.717, 1.165) is 49.7 Å². The minimum Gasteiger partial charge on any atom is -0.294 e. The van der Waals surface area contributed by atoms with Crippen LogP contribution < -0.4 is 0 Å². The lowest BCUT2D eigenvalue weighted by Crippen LogP contribution is -2.48. The molecule has 21 heavy (non-hydrogen) atoms. The number of benzene rings is 1. The number of Topliss-reactive ketones (excluding diaryl/α,β-unsaturated/α-hetero) is 1. The molecule has 4 saturated carbocycles. The van der Waals surface area contributed by atoms with E-state index >= 15 is 0 Å². The summed E-state index contributed by atoms with van der Waals surface area (Å²) in [7, 11) is 0. The van der Waals surface area contributed by atoms with Gasteiger partial charge in [-0.25, -0.2) is 8.78 Å². The fraction of sp³-hybridized carbons (Fsp3) is 0.588. The van der Waals surface area contributed by atoms with Crippen molar-refractivity contribution in [3.8, 4) is 0 Å². The third-order valence-corrected chi connectivity index (χ3v) is 6.41. The highest BCUT2D eigenvalue weighted by atomic mass is 79.9. The standard InChI is InChI=1S/C17H17BrF2O/c18-13-7-14(19)12(6-15(13)20)17(21)16-10-2-8-1-9(4-10)5-11(16)3-8/h6-11,16H,1-5H2. The Bertz CT molecular complexity index is 585. The molecule has 112 valence electrons. The summed E-state index contributed by atoms with van der Waals surface area (Å²) < 4.78 is 27.8. The number of hydrogen-bond donors (Lipinski definition) is 0. The first kappa shape index (κ1) is 13.9. The second kappa shape index (κ2) is 4.87. The molecule has 4 aliphatic carbocycles. The number of carbonyl (C=O) groups excluding carboxylic acids is 1. The third-order valence-electron chi connectivity index (χ3n) is 5.80. The molecule has 0 aliphatic heterocycles. The molecule has 0 N–H and O–H groups in total. The minimum absolute atomic E-state index is 0.0619. The minimum atomic E-state index is -0.609. The second-order valence-corrected chi connectivity index (χ2v) is 7.92. The Morgan fingerprint density at radius 1 is 0.952 bits per heavy atom. The van der Waals surface area contributed by atoms with Crippen molar-refractivity contribution < 1.29 is 13.6 Å². The van der Waals surface area contributed by atoms with Gasteiger partial charge in [0.1, 0.15) is 11.6 Å². The van der Waals surface area contributed by atoms with E-state index in [1.807, 2.05) is 0 Å². The molecule has 4 aliphatic rings. The van der Waals surface area contributed by atoms with Gasteiger partial charge in [-0.1, -0.05) is 0 Å². The van der Waals surface area contributed by atoms with Crippen molar-refractivity contribution in [2.75, 3.05) is 0 Å². The predicted octanol–water partition coefficient (Wildman–Crippen LogP) is 4.98. The van der Waals surface area contributed by atoms with E-state index in [1.54, 1.807) is 0 Å². The highest BCUT2D eigenvalue weighted by Crippen LogP contribution is 2.57. The van der Waals surface area contributed by atoms with Gasteiger partial charge in [-0.3, -0.25) is 4.79 Å². The molecule has 1 aromatic rings. The summed E-state index contributed by atoms with van der Waals surface area (Å²) in [5.74, 6) is 0.872. The van der Waals surface area contributed by atoms with Crippen molar-refractivity contribution in [1.82, 2.24) is 0 Å². The Morgan fingerprint density at radius 3 is 2.10 bits per heavy atom. The number of ketones is 1. The van der Waals surface area contributed by atoms with E-state index in [2.05, 4.69) is 15.9 Å². The van der Waals surface area contributed by atoms with Gasteiger partial charge in [-0.05, 0) is 83.8 Å². The molecule has 4 bridgehead atoms. The van der Waals surface area contributed by atoms with Crippen LogP contribution in [0.4, 0.5) is 8.78 Å². The summed E-state index contributed by atoms with van der Waals surface area (Å²) in [5, 5.41) is 0. The van der Waals surface area contributed by atoms with Crippen molar-refractivity contribution in [2.24, 2.45) is 29.6 Å². The Balaban J connectivity index is 1.68. The highest BCUT2D eigenvalue weighted by Gasteiger charge is 2.51. The molecule has 0 atom stereocenters. The molecule has 0 aromatic heterocycles. The van der Waals surface area contributed by atoms with E-state index in [1.165, 1.54) is 6.42 Å². The zero-order valence-electron chi connectivity index (χ0n) is 11.6. The van der Waals surface area contributed by atoms with Crippen molar-refractivity contribution in [2.45, 2.75) is 32.1 Å². The van der Waals surface area contributed by atoms with Crippen LogP contribution in [0.1, 0.15) is 42.5 Å². The maximum Gasteiger partial charge on any atom is 0.169 e. The molecule has 0 saturated heterocycles. The zero-order chi connectivity index (χ0) is 14.7. The van der Waals surface area contributed by atoms with E-state index in [9.17, 15) is 13.6 Å². The molecule has 0 unspecified atom stereocenters. The van der Waals surface area contributed by atoms with Crippen LogP contribution >= 0.6 is 15.9 Å². The van der Waals surface area contributed by atoms with Crippen LogP contribution in [0.3, 0.4) is 0 Å². The average Bonchev–Trinajstić information content (AvgIpc) is 2.41. The summed E-state index contributed by atoms with van der Waals surface area (Å²) in [6.45, 7) is 0. The van der Waals surface area contributed by atoms with Crippen LogP contribution in [0, 0.1) is 41.2 Å². The van der Waals surface area contributed by atoms with Gasteiger partial charge in [0.25, 0.3) is 0 Å². The largest absolute Gasteiger partial charge is 0.294 e. The highest BCUT2D eigenvalue weighted by molar-refractivity contribution is 9.10. The number of halogens is 3. The lowest BCUT2D eigenvalue weighted by atomic mass is 9.51. The van der Waals surface area contributed by atoms with Gasteiger partial charge in [0.15, 0.2) is 5.78 Å². The van der Waals surface area contributed by atoms with Crippen LogP contribution in [0.5, 0.6) is 0 Å². The third kappa shape index (κ3) is 2.18. The van der Waals surface area contributed by atoms with Crippen LogP contribution in [0.25, 0.3) is 0 Å². The van der Waals surface area contributed by atoms with Gasteiger partial charge in [-0.2, -0.15) is 0 Å². The number of rotatable bonds is 2. The van der Waals surface area contributed by atoms with E-state index < -0.39 is 11.6 Å². The van der Waals surface area contributed by atoms with Gasteiger partial charge >= 0.3 is 0 Å². The molecule has 4 heteroatoms. The van der Waals surface area contributed by atoms with Crippen molar-refractivity contribution in [3.05, 3.63) is 33.8 Å². The zero-order valence-corrected chi connectivity index (χ0v) is 13.2. The Hall–Kier alpha value is -0.770. The molecule has 4 fully saturated rings. The lowest BCUT2D eigenvalue weighted by Gasteiger charge is -2.53. The van der Waals surface area contributed by atoms with Crippen molar-refractivity contribution in [3.63, 3.8) is 0 Å². The summed E-state index contributed by atoms with van der Waals surface area (Å²) >= 11 is 2.96. The van der Waals surface area contributed by atoms with Crippen LogP contribution in [-0.4, -0.2) is 5.78 Å². The molecule has 0 spiro atoms. The molecular weight excluding hydrogens is 338 g/mol. The molecule has 1 aromatic carbocycles. The van der Waals surface area contributed by atoms with Crippen LogP contribution in [0.2, 0.25) is 0 Å². The monoisotopic (exact) mass is 354 g/mol. The van der Waals surface area contributed by atoms with E-state index in [-0.39, 0.29) is 21.7 Å². The topological polar surface area (TPSA) is 17.1 Å². The Morgan fingerprint density at radius 2 is 1.52 bits per heavy atom. The fourth-order valence-electron chi connectivity index (χ4n) is 5.24. The molecule has 1 nitrogen and oxygen atoms in total. The SMILES string of the molecule is O=C(c1cc(F)c(Br)cc1F)C1C2CC3CC(C2)CC1C3. The first-order valence-electron chi connectivity index (χ1n) is 7.71. The van der Waals surface area contributed by atoms with Gasteiger partial charge in [-0.15, -0.1) is 0 Å². The predicted molar refractivity (Wildman–Crippen MR) is 78.9 cm³/mol. The van der Waals surface area contributed by atoms with Gasteiger partial charge in [0, 0.05) is 5.92 Å². The molecule has 0 radical (unpaired) electrons. The Labute approximate surface area is 131 Å². The van der Waals surface area contributed by atoms with Crippen molar-refractivity contribution in [1.29, 1.82) is 0 Å². The molecule has 0 amide bonds.